The van der Waals surface area contributed by atoms with Gasteiger partial charge in [-0.25, -0.2) is 9.97 Å². The second kappa shape index (κ2) is 7.95. The number of aryl methyl sites for hydroxylation is 3. The molecule has 0 spiro atoms. The van der Waals surface area contributed by atoms with Gasteiger partial charge in [0.1, 0.15) is 11.6 Å². The summed E-state index contributed by atoms with van der Waals surface area (Å²) in [6.45, 7) is 7.22. The standard InChI is InChI=1S/C19H27N5O2/c1-12-16(13(2)26-23-12)7-8-18(25)21-11-15-10-20-14(3)22-19(15)17-6-5-9-24(17)4/h10,17H,5-9,11H2,1-4H3,(H,21,25)/t17-/m0/s1. The van der Waals surface area contributed by atoms with Crippen molar-refractivity contribution in [2.75, 3.05) is 13.6 Å². The molecule has 1 amide bonds. The average Bonchev–Trinajstić information content (AvgIpc) is 3.17. The van der Waals surface area contributed by atoms with Crippen LogP contribution in [0.2, 0.25) is 0 Å². The third-order valence-electron chi connectivity index (χ3n) is 5.11. The maximum Gasteiger partial charge on any atom is 0.220 e. The Kier molecular flexibility index (Phi) is 5.66. The Balaban J connectivity index is 1.61. The van der Waals surface area contributed by atoms with E-state index in [2.05, 4.69) is 32.4 Å². The number of nitrogens with one attached hydrogen (secondary N) is 1. The number of likely N-dealkylation sites (tertiary alicyclic amines) is 1. The molecule has 26 heavy (non-hydrogen) atoms. The van der Waals surface area contributed by atoms with E-state index in [4.69, 9.17) is 4.52 Å². The van der Waals surface area contributed by atoms with Crippen molar-refractivity contribution in [1.29, 1.82) is 0 Å². The summed E-state index contributed by atoms with van der Waals surface area (Å²) in [6.07, 6.45) is 5.16. The normalized spacial score (nSPS) is 17.6. The first-order valence-corrected chi connectivity index (χ1v) is 9.16. The van der Waals surface area contributed by atoms with Crippen molar-refractivity contribution in [3.8, 4) is 0 Å². The molecule has 3 rings (SSSR count). The van der Waals surface area contributed by atoms with E-state index in [9.17, 15) is 4.79 Å². The van der Waals surface area contributed by atoms with Crippen LogP contribution in [0.15, 0.2) is 10.7 Å². The van der Waals surface area contributed by atoms with E-state index in [1.54, 1.807) is 0 Å². The fraction of sp³-hybridized carbons (Fsp3) is 0.579. The van der Waals surface area contributed by atoms with Crippen LogP contribution in [0.3, 0.4) is 0 Å². The summed E-state index contributed by atoms with van der Waals surface area (Å²) in [6, 6.07) is 0.311. The van der Waals surface area contributed by atoms with E-state index in [0.717, 1.165) is 47.1 Å². The van der Waals surface area contributed by atoms with Crippen molar-refractivity contribution in [3.63, 3.8) is 0 Å². The van der Waals surface area contributed by atoms with Gasteiger partial charge < -0.3 is 9.84 Å². The van der Waals surface area contributed by atoms with Gasteiger partial charge in [0.25, 0.3) is 0 Å². The highest BCUT2D eigenvalue weighted by molar-refractivity contribution is 5.76. The highest BCUT2D eigenvalue weighted by atomic mass is 16.5. The van der Waals surface area contributed by atoms with Crippen LogP contribution in [0.1, 0.15) is 59.4 Å². The number of carbonyl (C=O) groups is 1. The predicted octanol–water partition coefficient (Wildman–Crippen LogP) is 2.41. The molecule has 2 aromatic heterocycles. The molecule has 1 atom stereocenters. The molecule has 7 nitrogen and oxygen atoms in total. The van der Waals surface area contributed by atoms with Gasteiger partial charge in [0.05, 0.1) is 17.4 Å². The van der Waals surface area contributed by atoms with Crippen LogP contribution in [0.25, 0.3) is 0 Å². The van der Waals surface area contributed by atoms with Crippen LogP contribution in [-0.4, -0.2) is 39.5 Å². The topological polar surface area (TPSA) is 84.2 Å². The number of hydrogen-bond acceptors (Lipinski definition) is 6. The zero-order valence-corrected chi connectivity index (χ0v) is 16.0. The van der Waals surface area contributed by atoms with Gasteiger partial charge in [-0.2, -0.15) is 0 Å². The molecule has 0 bridgehead atoms. The molecule has 3 heterocycles. The summed E-state index contributed by atoms with van der Waals surface area (Å²) >= 11 is 0. The lowest BCUT2D eigenvalue weighted by Gasteiger charge is -2.21. The summed E-state index contributed by atoms with van der Waals surface area (Å²) in [4.78, 5) is 23.6. The number of carbonyl (C=O) groups excluding carboxylic acids is 1. The molecule has 1 fully saturated rings. The molecule has 0 saturated carbocycles. The minimum Gasteiger partial charge on any atom is -0.361 e. The fourth-order valence-electron chi connectivity index (χ4n) is 3.57. The van der Waals surface area contributed by atoms with E-state index >= 15 is 0 Å². The van der Waals surface area contributed by atoms with Gasteiger partial charge in [0, 0.05) is 30.3 Å². The molecule has 1 N–H and O–H groups in total. The Morgan fingerprint density at radius 1 is 1.38 bits per heavy atom. The number of aromatic nitrogens is 3. The molecule has 0 aliphatic carbocycles. The molecule has 1 aliphatic heterocycles. The van der Waals surface area contributed by atoms with Crippen molar-refractivity contribution in [2.45, 2.75) is 59.0 Å². The van der Waals surface area contributed by atoms with Crippen molar-refractivity contribution in [1.82, 2.24) is 25.3 Å². The highest BCUT2D eigenvalue weighted by Crippen LogP contribution is 2.31. The summed E-state index contributed by atoms with van der Waals surface area (Å²) in [5.41, 5.74) is 3.92. The Morgan fingerprint density at radius 3 is 2.85 bits per heavy atom. The predicted molar refractivity (Wildman–Crippen MR) is 97.5 cm³/mol. The Morgan fingerprint density at radius 2 is 2.19 bits per heavy atom. The van der Waals surface area contributed by atoms with Gasteiger partial charge in [-0.1, -0.05) is 5.16 Å². The lowest BCUT2D eigenvalue weighted by molar-refractivity contribution is -0.121. The Hall–Kier alpha value is -2.28. The van der Waals surface area contributed by atoms with Crippen molar-refractivity contribution in [2.24, 2.45) is 0 Å². The molecule has 0 unspecified atom stereocenters. The van der Waals surface area contributed by atoms with Crippen LogP contribution in [-0.2, 0) is 17.8 Å². The number of amides is 1. The van der Waals surface area contributed by atoms with Crippen LogP contribution < -0.4 is 5.32 Å². The monoisotopic (exact) mass is 357 g/mol. The third-order valence-corrected chi connectivity index (χ3v) is 5.11. The van der Waals surface area contributed by atoms with Crippen LogP contribution >= 0.6 is 0 Å². The van der Waals surface area contributed by atoms with Gasteiger partial charge in [-0.3, -0.25) is 9.69 Å². The third kappa shape index (κ3) is 4.09. The summed E-state index contributed by atoms with van der Waals surface area (Å²) in [7, 11) is 2.13. The molecular formula is C19H27N5O2. The smallest absolute Gasteiger partial charge is 0.220 e. The van der Waals surface area contributed by atoms with Crippen LogP contribution in [0, 0.1) is 20.8 Å². The van der Waals surface area contributed by atoms with Gasteiger partial charge in [0.2, 0.25) is 5.91 Å². The SMILES string of the molecule is Cc1ncc(CNC(=O)CCc2c(C)noc2C)c([C@@H]2CCCN2C)n1. The second-order valence-corrected chi connectivity index (χ2v) is 7.05. The van der Waals surface area contributed by atoms with Crippen LogP contribution in [0.4, 0.5) is 0 Å². The lowest BCUT2D eigenvalue weighted by atomic mass is 10.1. The first kappa shape index (κ1) is 18.5. The molecule has 0 aromatic carbocycles. The summed E-state index contributed by atoms with van der Waals surface area (Å²) < 4.78 is 5.15. The largest absolute Gasteiger partial charge is 0.361 e. The number of hydrogen-bond donors (Lipinski definition) is 1. The molecule has 7 heteroatoms. The maximum atomic E-state index is 12.3. The molecular weight excluding hydrogens is 330 g/mol. The molecule has 1 saturated heterocycles. The average molecular weight is 357 g/mol. The molecule has 0 radical (unpaired) electrons. The van der Waals surface area contributed by atoms with Gasteiger partial charge in [-0.05, 0) is 53.6 Å². The molecule has 2 aromatic rings. The molecule has 140 valence electrons. The minimum absolute atomic E-state index is 0.0105. The fourth-order valence-corrected chi connectivity index (χ4v) is 3.57. The number of nitrogens with zero attached hydrogens (tertiary/aromatic N) is 4. The van der Waals surface area contributed by atoms with Crippen molar-refractivity contribution >= 4 is 5.91 Å². The summed E-state index contributed by atoms with van der Waals surface area (Å²) in [5, 5.41) is 6.94. The van der Waals surface area contributed by atoms with Crippen molar-refractivity contribution < 1.29 is 9.32 Å². The minimum atomic E-state index is 0.0105. The Labute approximate surface area is 154 Å². The Bertz CT molecular complexity index is 767. The molecule has 1 aliphatic rings. The lowest BCUT2D eigenvalue weighted by Crippen LogP contribution is -2.26. The van der Waals surface area contributed by atoms with E-state index in [1.807, 2.05) is 27.0 Å². The quantitative estimate of drug-likeness (QED) is 0.855. The zero-order chi connectivity index (χ0) is 18.7. The van der Waals surface area contributed by atoms with Crippen LogP contribution in [0.5, 0.6) is 0 Å². The van der Waals surface area contributed by atoms with Gasteiger partial charge >= 0.3 is 0 Å². The van der Waals surface area contributed by atoms with Gasteiger partial charge in [0.15, 0.2) is 0 Å². The summed E-state index contributed by atoms with van der Waals surface area (Å²) in [5.74, 6) is 1.57. The van der Waals surface area contributed by atoms with E-state index in [1.165, 1.54) is 6.42 Å². The second-order valence-electron chi connectivity index (χ2n) is 7.05. The van der Waals surface area contributed by atoms with E-state index < -0.39 is 0 Å². The highest BCUT2D eigenvalue weighted by Gasteiger charge is 2.26. The first-order valence-electron chi connectivity index (χ1n) is 9.16. The first-order chi connectivity index (χ1) is 12.5. The van der Waals surface area contributed by atoms with Gasteiger partial charge in [-0.15, -0.1) is 0 Å². The van der Waals surface area contributed by atoms with Crippen molar-refractivity contribution in [3.05, 3.63) is 40.3 Å². The zero-order valence-electron chi connectivity index (χ0n) is 16.0. The van der Waals surface area contributed by atoms with E-state index in [-0.39, 0.29) is 5.91 Å². The number of rotatable bonds is 6. The maximum absolute atomic E-state index is 12.3. The van der Waals surface area contributed by atoms with E-state index in [0.29, 0.717) is 25.4 Å².